The Morgan fingerprint density at radius 2 is 2.35 bits per heavy atom. The number of carbonyl (C=O) groups excluding carboxylic acids is 1. The zero-order valence-electron chi connectivity index (χ0n) is 9.74. The first-order valence-electron chi connectivity index (χ1n) is 5.13. The third kappa shape index (κ3) is 4.52. The van der Waals surface area contributed by atoms with Crippen LogP contribution in [-0.4, -0.2) is 31.7 Å². The highest BCUT2D eigenvalue weighted by Crippen LogP contribution is 2.25. The van der Waals surface area contributed by atoms with Gasteiger partial charge in [-0.25, -0.2) is 4.98 Å². The van der Waals surface area contributed by atoms with Gasteiger partial charge in [-0.3, -0.25) is 4.79 Å². The van der Waals surface area contributed by atoms with Gasteiger partial charge in [0.25, 0.3) is 0 Å². The third-order valence-corrected chi connectivity index (χ3v) is 3.04. The van der Waals surface area contributed by atoms with Gasteiger partial charge in [0.1, 0.15) is 5.82 Å². The Labute approximate surface area is 114 Å². The van der Waals surface area contributed by atoms with Crippen LogP contribution in [-0.2, 0) is 9.53 Å². The quantitative estimate of drug-likeness (QED) is 0.782. The van der Waals surface area contributed by atoms with Crippen molar-refractivity contribution < 1.29 is 9.53 Å². The van der Waals surface area contributed by atoms with Crippen molar-refractivity contribution in [2.75, 3.05) is 25.6 Å². The molecule has 0 spiro atoms. The van der Waals surface area contributed by atoms with Crippen LogP contribution in [0.15, 0.2) is 16.7 Å². The molecule has 17 heavy (non-hydrogen) atoms. The second-order valence-electron chi connectivity index (χ2n) is 3.56. The zero-order chi connectivity index (χ0) is 12.8. The minimum atomic E-state index is -0.193. The van der Waals surface area contributed by atoms with E-state index in [1.165, 1.54) is 7.11 Å². The Kier molecular flexibility index (Phi) is 5.71. The average Bonchev–Trinajstić information content (AvgIpc) is 2.28. The molecule has 6 heteroatoms. The summed E-state index contributed by atoms with van der Waals surface area (Å²) in [6.07, 6.45) is 2.73. The highest BCUT2D eigenvalue weighted by molar-refractivity contribution is 9.10. The Balaban J connectivity index is 2.52. The summed E-state index contributed by atoms with van der Waals surface area (Å²) in [6.45, 7) is 0.725. The molecule has 0 aliphatic carbocycles. The molecule has 0 fully saturated rings. The van der Waals surface area contributed by atoms with Gasteiger partial charge in [0.2, 0.25) is 0 Å². The summed E-state index contributed by atoms with van der Waals surface area (Å²) in [7, 11) is 3.31. The Bertz CT molecular complexity index is 401. The van der Waals surface area contributed by atoms with Crippen LogP contribution in [0.2, 0.25) is 5.02 Å². The molecule has 1 aromatic rings. The molecule has 0 atom stereocenters. The molecule has 1 rings (SSSR count). The summed E-state index contributed by atoms with van der Waals surface area (Å²) in [6, 6.07) is 1.79. The molecule has 0 unspecified atom stereocenters. The van der Waals surface area contributed by atoms with Gasteiger partial charge < -0.3 is 9.64 Å². The molecule has 0 aliphatic rings. The number of esters is 1. The van der Waals surface area contributed by atoms with Crippen molar-refractivity contribution in [2.24, 2.45) is 0 Å². The van der Waals surface area contributed by atoms with Crippen LogP contribution in [0.1, 0.15) is 12.8 Å². The van der Waals surface area contributed by atoms with E-state index >= 15 is 0 Å². The lowest BCUT2D eigenvalue weighted by atomic mass is 10.3. The summed E-state index contributed by atoms with van der Waals surface area (Å²) in [5.41, 5.74) is 0. The number of anilines is 1. The maximum absolute atomic E-state index is 11.0. The fourth-order valence-corrected chi connectivity index (χ4v) is 2.30. The average molecular weight is 322 g/mol. The number of methoxy groups -OCH3 is 1. The number of hydrogen-bond donors (Lipinski definition) is 0. The van der Waals surface area contributed by atoms with E-state index < -0.39 is 0 Å². The Hall–Kier alpha value is -0.810. The van der Waals surface area contributed by atoms with E-state index in [0.717, 1.165) is 23.3 Å². The van der Waals surface area contributed by atoms with E-state index in [2.05, 4.69) is 25.7 Å². The van der Waals surface area contributed by atoms with E-state index in [0.29, 0.717) is 11.4 Å². The van der Waals surface area contributed by atoms with Crippen LogP contribution < -0.4 is 4.90 Å². The van der Waals surface area contributed by atoms with Crippen LogP contribution in [0.5, 0.6) is 0 Å². The number of hydrogen-bond acceptors (Lipinski definition) is 4. The van der Waals surface area contributed by atoms with Gasteiger partial charge in [-0.1, -0.05) is 11.6 Å². The third-order valence-electron chi connectivity index (χ3n) is 2.25. The van der Waals surface area contributed by atoms with Crippen molar-refractivity contribution in [3.8, 4) is 0 Å². The normalized spacial score (nSPS) is 10.1. The van der Waals surface area contributed by atoms with Crippen molar-refractivity contribution in [3.63, 3.8) is 0 Å². The van der Waals surface area contributed by atoms with Crippen molar-refractivity contribution in [1.29, 1.82) is 0 Å². The number of pyridine rings is 1. The Morgan fingerprint density at radius 1 is 1.65 bits per heavy atom. The highest BCUT2D eigenvalue weighted by atomic mass is 79.9. The molecule has 0 saturated carbocycles. The van der Waals surface area contributed by atoms with E-state index in [1.54, 1.807) is 12.3 Å². The first kappa shape index (κ1) is 14.3. The second-order valence-corrected chi connectivity index (χ2v) is 4.85. The molecule has 0 radical (unpaired) electrons. The lowest BCUT2D eigenvalue weighted by molar-refractivity contribution is -0.140. The van der Waals surface area contributed by atoms with Gasteiger partial charge in [-0.05, 0) is 28.4 Å². The lowest BCUT2D eigenvalue weighted by Gasteiger charge is -2.19. The van der Waals surface area contributed by atoms with Crippen molar-refractivity contribution >= 4 is 39.3 Å². The summed E-state index contributed by atoms with van der Waals surface area (Å²) in [5, 5.41) is 0.587. The topological polar surface area (TPSA) is 42.4 Å². The minimum absolute atomic E-state index is 0.193. The molecule has 1 heterocycles. The first-order valence-corrected chi connectivity index (χ1v) is 6.30. The fraction of sp³-hybridized carbons (Fsp3) is 0.455. The van der Waals surface area contributed by atoms with E-state index in [9.17, 15) is 4.79 Å². The molecule has 0 saturated heterocycles. The summed E-state index contributed by atoms with van der Waals surface area (Å²) >= 11 is 9.22. The van der Waals surface area contributed by atoms with Gasteiger partial charge in [0.05, 0.1) is 16.6 Å². The minimum Gasteiger partial charge on any atom is -0.469 e. The number of ether oxygens (including phenoxy) is 1. The summed E-state index contributed by atoms with van der Waals surface area (Å²) in [5.74, 6) is 0.612. The van der Waals surface area contributed by atoms with Gasteiger partial charge in [0, 0.05) is 26.2 Å². The maximum Gasteiger partial charge on any atom is 0.305 e. The monoisotopic (exact) mass is 320 g/mol. The van der Waals surface area contributed by atoms with Crippen LogP contribution in [0, 0.1) is 0 Å². The number of halogens is 2. The smallest absolute Gasteiger partial charge is 0.305 e. The summed E-state index contributed by atoms with van der Waals surface area (Å²) in [4.78, 5) is 17.1. The molecule has 0 N–H and O–H groups in total. The number of rotatable bonds is 5. The van der Waals surface area contributed by atoms with Crippen LogP contribution in [0.4, 0.5) is 5.82 Å². The van der Waals surface area contributed by atoms with Crippen LogP contribution in [0.3, 0.4) is 0 Å². The number of carbonyl (C=O) groups is 1. The SMILES string of the molecule is COC(=O)CCCN(C)c1ncc(Cl)cc1Br. The maximum atomic E-state index is 11.0. The molecule has 0 amide bonds. The number of nitrogens with zero attached hydrogens (tertiary/aromatic N) is 2. The zero-order valence-corrected chi connectivity index (χ0v) is 12.1. The predicted octanol–water partition coefficient (Wildman–Crippen LogP) is 2.89. The van der Waals surface area contributed by atoms with Crippen molar-refractivity contribution in [1.82, 2.24) is 4.98 Å². The molecule has 0 bridgehead atoms. The molecule has 4 nitrogen and oxygen atoms in total. The van der Waals surface area contributed by atoms with Gasteiger partial charge in [0.15, 0.2) is 0 Å². The predicted molar refractivity (Wildman–Crippen MR) is 71.5 cm³/mol. The van der Waals surface area contributed by atoms with Crippen LogP contribution in [0.25, 0.3) is 0 Å². The van der Waals surface area contributed by atoms with Crippen LogP contribution >= 0.6 is 27.5 Å². The Morgan fingerprint density at radius 3 is 2.94 bits per heavy atom. The fourth-order valence-electron chi connectivity index (χ4n) is 1.36. The molecule has 1 aromatic heterocycles. The standard InChI is InChI=1S/C11H14BrClN2O2/c1-15(5-3-4-10(16)17-2)11-9(12)6-8(13)7-14-11/h6-7H,3-5H2,1-2H3. The second kappa shape index (κ2) is 6.81. The highest BCUT2D eigenvalue weighted by Gasteiger charge is 2.08. The molecular weight excluding hydrogens is 307 g/mol. The molecule has 0 aromatic carbocycles. The molecular formula is C11H14BrClN2O2. The largest absolute Gasteiger partial charge is 0.469 e. The number of aromatic nitrogens is 1. The molecule has 0 aliphatic heterocycles. The van der Waals surface area contributed by atoms with Gasteiger partial charge in [-0.2, -0.15) is 0 Å². The first-order chi connectivity index (χ1) is 8.04. The van der Waals surface area contributed by atoms with E-state index in [-0.39, 0.29) is 5.97 Å². The van der Waals surface area contributed by atoms with E-state index in [4.69, 9.17) is 11.6 Å². The summed E-state index contributed by atoms with van der Waals surface area (Å²) < 4.78 is 5.42. The van der Waals surface area contributed by atoms with Gasteiger partial charge in [-0.15, -0.1) is 0 Å². The van der Waals surface area contributed by atoms with Gasteiger partial charge >= 0.3 is 5.97 Å². The lowest BCUT2D eigenvalue weighted by Crippen LogP contribution is -2.21. The molecule has 94 valence electrons. The van der Waals surface area contributed by atoms with Crippen molar-refractivity contribution in [2.45, 2.75) is 12.8 Å². The van der Waals surface area contributed by atoms with Crippen molar-refractivity contribution in [3.05, 3.63) is 21.8 Å². The van der Waals surface area contributed by atoms with E-state index in [1.807, 2.05) is 11.9 Å².